The predicted octanol–water partition coefficient (Wildman–Crippen LogP) is 2.84. The fourth-order valence-corrected chi connectivity index (χ4v) is 2.58. The molecule has 0 radical (unpaired) electrons. The fourth-order valence-electron chi connectivity index (χ4n) is 1.69. The molecule has 0 spiro atoms. The molecule has 0 saturated heterocycles. The summed E-state index contributed by atoms with van der Waals surface area (Å²) in [5.74, 6) is 0. The number of benzene rings is 1. The van der Waals surface area contributed by atoms with Crippen molar-refractivity contribution < 1.29 is 0 Å². The summed E-state index contributed by atoms with van der Waals surface area (Å²) < 4.78 is 1.77. The largest absolute Gasteiger partial charge is 0.227 e. The molecule has 4 nitrogen and oxygen atoms in total. The minimum Gasteiger partial charge on any atom is -0.227 e. The van der Waals surface area contributed by atoms with Crippen molar-refractivity contribution in [3.05, 3.63) is 48.4 Å². The number of hydrogen-bond acceptors (Lipinski definition) is 4. The van der Waals surface area contributed by atoms with Crippen LogP contribution < -0.4 is 0 Å². The maximum atomic E-state index is 4.61. The van der Waals surface area contributed by atoms with Gasteiger partial charge in [-0.1, -0.05) is 25.1 Å². The Labute approximate surface area is 109 Å². The minimum atomic E-state index is 0.847. The second kappa shape index (κ2) is 4.78. The summed E-state index contributed by atoms with van der Waals surface area (Å²) in [5.41, 5.74) is 1.88. The first-order valence-electron chi connectivity index (χ1n) is 5.79. The monoisotopic (exact) mass is 256 g/mol. The van der Waals surface area contributed by atoms with Crippen molar-refractivity contribution in [3.8, 4) is 0 Å². The second-order valence-corrected chi connectivity index (χ2v) is 4.87. The molecule has 2 heterocycles. The molecule has 0 unspecified atom stereocenters. The summed E-state index contributed by atoms with van der Waals surface area (Å²) in [6.45, 7) is 2.09. The number of aromatic nitrogens is 4. The minimum absolute atomic E-state index is 0.847. The van der Waals surface area contributed by atoms with Crippen LogP contribution >= 0.6 is 11.8 Å². The second-order valence-electron chi connectivity index (χ2n) is 3.83. The van der Waals surface area contributed by atoms with Gasteiger partial charge < -0.3 is 0 Å². The average Bonchev–Trinajstić information content (AvgIpc) is 2.88. The van der Waals surface area contributed by atoms with Crippen molar-refractivity contribution in [1.29, 1.82) is 0 Å². The smallest absolute Gasteiger partial charge is 0.196 e. The quantitative estimate of drug-likeness (QED) is 0.676. The lowest BCUT2D eigenvalue weighted by Gasteiger charge is -2.05. The van der Waals surface area contributed by atoms with Crippen LogP contribution in [0, 0.1) is 0 Å². The van der Waals surface area contributed by atoms with Gasteiger partial charge in [0.15, 0.2) is 10.8 Å². The third-order valence-corrected chi connectivity index (χ3v) is 3.56. The van der Waals surface area contributed by atoms with Crippen LogP contribution in [0.4, 0.5) is 0 Å². The Morgan fingerprint density at radius 3 is 2.83 bits per heavy atom. The van der Waals surface area contributed by atoms with Gasteiger partial charge in [-0.2, -0.15) is 9.61 Å². The maximum Gasteiger partial charge on any atom is 0.196 e. The zero-order valence-corrected chi connectivity index (χ0v) is 10.8. The first-order chi connectivity index (χ1) is 8.86. The van der Waals surface area contributed by atoms with Gasteiger partial charge in [-0.25, -0.2) is 9.97 Å². The lowest BCUT2D eigenvalue weighted by molar-refractivity contribution is 0.771. The van der Waals surface area contributed by atoms with Crippen LogP contribution in [0.25, 0.3) is 5.65 Å². The van der Waals surface area contributed by atoms with Gasteiger partial charge in [-0.05, 0) is 30.3 Å². The van der Waals surface area contributed by atoms with Crippen LogP contribution in [0.15, 0.2) is 52.8 Å². The fraction of sp³-hybridized carbons (Fsp3) is 0.154. The molecule has 0 aliphatic rings. The van der Waals surface area contributed by atoms with Gasteiger partial charge in [-0.3, -0.25) is 0 Å². The Hall–Kier alpha value is -1.88. The van der Waals surface area contributed by atoms with Gasteiger partial charge in [0.1, 0.15) is 6.33 Å². The van der Waals surface area contributed by atoms with E-state index in [2.05, 4.69) is 34.1 Å². The lowest BCUT2D eigenvalue weighted by atomic mass is 10.3. The van der Waals surface area contributed by atoms with Gasteiger partial charge in [-0.15, -0.1) is 0 Å². The van der Waals surface area contributed by atoms with Crippen molar-refractivity contribution in [1.82, 2.24) is 19.6 Å². The molecular weight excluding hydrogens is 244 g/mol. The normalized spacial score (nSPS) is 10.9. The molecular formula is C13H12N4S. The predicted molar refractivity (Wildman–Crippen MR) is 70.7 cm³/mol. The van der Waals surface area contributed by atoms with Crippen molar-refractivity contribution in [2.75, 3.05) is 0 Å². The Bertz CT molecular complexity index is 663. The molecule has 0 amide bonds. The number of aryl methyl sites for hydroxylation is 1. The first kappa shape index (κ1) is 11.2. The van der Waals surface area contributed by atoms with E-state index in [9.17, 15) is 0 Å². The van der Waals surface area contributed by atoms with Gasteiger partial charge in [0, 0.05) is 16.7 Å². The van der Waals surface area contributed by atoms with Crippen LogP contribution in [0.5, 0.6) is 0 Å². The van der Waals surface area contributed by atoms with Crippen LogP contribution in [0.1, 0.15) is 12.6 Å². The van der Waals surface area contributed by atoms with E-state index in [0.717, 1.165) is 27.8 Å². The highest BCUT2D eigenvalue weighted by Gasteiger charge is 2.08. The third kappa shape index (κ3) is 2.09. The first-order valence-corrected chi connectivity index (χ1v) is 6.61. The molecule has 0 bridgehead atoms. The number of rotatable bonds is 3. The zero-order chi connectivity index (χ0) is 12.4. The Kier molecular flexibility index (Phi) is 2.98. The summed E-state index contributed by atoms with van der Waals surface area (Å²) in [6.07, 6.45) is 2.46. The molecule has 0 aliphatic heterocycles. The van der Waals surface area contributed by atoms with Crippen molar-refractivity contribution in [3.63, 3.8) is 0 Å². The molecule has 0 N–H and O–H groups in total. The van der Waals surface area contributed by atoms with E-state index in [4.69, 9.17) is 0 Å². The molecule has 0 atom stereocenters. The molecule has 1 aromatic carbocycles. The van der Waals surface area contributed by atoms with E-state index in [0.29, 0.717) is 0 Å². The lowest BCUT2D eigenvalue weighted by Crippen LogP contribution is -1.99. The third-order valence-electron chi connectivity index (χ3n) is 2.60. The Balaban J connectivity index is 2.07. The van der Waals surface area contributed by atoms with Crippen molar-refractivity contribution in [2.45, 2.75) is 23.4 Å². The molecule has 0 aliphatic carbocycles. The topological polar surface area (TPSA) is 43.1 Å². The van der Waals surface area contributed by atoms with Gasteiger partial charge in [0.05, 0.1) is 0 Å². The standard InChI is InChI=1S/C13H12N4S/c1-2-10-8-12-14-9-15-17(12)13(16-10)18-11-6-4-3-5-7-11/h3-9H,2H2,1H3. The van der Waals surface area contributed by atoms with Crippen LogP contribution in [-0.2, 0) is 6.42 Å². The van der Waals surface area contributed by atoms with Gasteiger partial charge in [0.25, 0.3) is 0 Å². The highest BCUT2D eigenvalue weighted by atomic mass is 32.2. The van der Waals surface area contributed by atoms with E-state index in [1.807, 2.05) is 24.3 Å². The number of fused-ring (bicyclic) bond motifs is 1. The highest BCUT2D eigenvalue weighted by molar-refractivity contribution is 7.99. The van der Waals surface area contributed by atoms with E-state index in [1.54, 1.807) is 22.6 Å². The number of nitrogens with zero attached hydrogens (tertiary/aromatic N) is 4. The Morgan fingerprint density at radius 2 is 2.06 bits per heavy atom. The van der Waals surface area contributed by atoms with Crippen LogP contribution in [0.3, 0.4) is 0 Å². The molecule has 3 rings (SSSR count). The molecule has 5 heteroatoms. The zero-order valence-electron chi connectivity index (χ0n) is 9.95. The molecule has 3 aromatic rings. The average molecular weight is 256 g/mol. The van der Waals surface area contributed by atoms with Gasteiger partial charge in [0.2, 0.25) is 0 Å². The van der Waals surface area contributed by atoms with E-state index in [1.165, 1.54) is 0 Å². The SMILES string of the molecule is CCc1cc2ncnn2c(Sc2ccccc2)n1. The summed E-state index contributed by atoms with van der Waals surface area (Å²) in [7, 11) is 0. The molecule has 2 aromatic heterocycles. The van der Waals surface area contributed by atoms with Crippen LogP contribution in [-0.4, -0.2) is 19.6 Å². The molecule has 0 fully saturated rings. The summed E-state index contributed by atoms with van der Waals surface area (Å²) >= 11 is 1.60. The van der Waals surface area contributed by atoms with Gasteiger partial charge >= 0.3 is 0 Å². The van der Waals surface area contributed by atoms with E-state index >= 15 is 0 Å². The van der Waals surface area contributed by atoms with Crippen LogP contribution in [0.2, 0.25) is 0 Å². The molecule has 90 valence electrons. The molecule has 0 saturated carbocycles. The van der Waals surface area contributed by atoms with Crippen molar-refractivity contribution >= 4 is 17.4 Å². The highest BCUT2D eigenvalue weighted by Crippen LogP contribution is 2.26. The summed E-state index contributed by atoms with van der Waals surface area (Å²) in [6, 6.07) is 12.1. The Morgan fingerprint density at radius 1 is 1.22 bits per heavy atom. The van der Waals surface area contributed by atoms with E-state index < -0.39 is 0 Å². The maximum absolute atomic E-state index is 4.61. The molecule has 18 heavy (non-hydrogen) atoms. The van der Waals surface area contributed by atoms with Crippen molar-refractivity contribution in [2.24, 2.45) is 0 Å². The van der Waals surface area contributed by atoms with E-state index in [-0.39, 0.29) is 0 Å². The number of hydrogen-bond donors (Lipinski definition) is 0. The summed E-state index contributed by atoms with van der Waals surface area (Å²) in [4.78, 5) is 9.99. The summed E-state index contributed by atoms with van der Waals surface area (Å²) in [5, 5.41) is 5.07.